The predicted octanol–water partition coefficient (Wildman–Crippen LogP) is 4.00. The molecule has 4 rings (SSSR count). The standard InChI is InChI=1S/C25H25N3O4S/c1-27(33(31,32)21-9-3-2-4-10-21)20-15-13-19(14-16-20)24(29)26-23-12-6-5-11-22(23)25(30)28-17-7-8-18-28/h2-6,9-16H,7-8,17-18H2,1H3,(H,26,29). The smallest absolute Gasteiger partial charge is 0.264 e. The Kier molecular flexibility index (Phi) is 6.46. The van der Waals surface area contributed by atoms with E-state index < -0.39 is 10.0 Å². The van der Waals surface area contributed by atoms with Crippen molar-refractivity contribution in [1.29, 1.82) is 0 Å². The molecule has 0 radical (unpaired) electrons. The molecule has 0 aliphatic carbocycles. The molecule has 1 N–H and O–H groups in total. The second-order valence-electron chi connectivity index (χ2n) is 7.83. The maximum Gasteiger partial charge on any atom is 0.264 e. The van der Waals surface area contributed by atoms with E-state index in [0.29, 0.717) is 22.5 Å². The number of hydrogen-bond donors (Lipinski definition) is 1. The molecule has 8 heteroatoms. The van der Waals surface area contributed by atoms with Gasteiger partial charge in [0.05, 0.1) is 21.8 Å². The number of nitrogens with zero attached hydrogens (tertiary/aromatic N) is 2. The van der Waals surface area contributed by atoms with Crippen molar-refractivity contribution in [1.82, 2.24) is 4.90 Å². The summed E-state index contributed by atoms with van der Waals surface area (Å²) in [4.78, 5) is 27.7. The summed E-state index contributed by atoms with van der Waals surface area (Å²) in [5, 5.41) is 2.82. The molecular formula is C25H25N3O4S. The quantitative estimate of drug-likeness (QED) is 0.599. The third kappa shape index (κ3) is 4.75. The fraction of sp³-hybridized carbons (Fsp3) is 0.200. The molecule has 0 aromatic heterocycles. The van der Waals surface area contributed by atoms with Crippen LogP contribution in [0, 0.1) is 0 Å². The lowest BCUT2D eigenvalue weighted by Gasteiger charge is -2.20. The highest BCUT2D eigenvalue weighted by Crippen LogP contribution is 2.24. The topological polar surface area (TPSA) is 86.8 Å². The maximum atomic E-state index is 12.8. The van der Waals surface area contributed by atoms with Gasteiger partial charge < -0.3 is 10.2 Å². The summed E-state index contributed by atoms with van der Waals surface area (Å²) >= 11 is 0. The van der Waals surface area contributed by atoms with Crippen molar-refractivity contribution in [3.8, 4) is 0 Å². The second-order valence-corrected chi connectivity index (χ2v) is 9.80. The van der Waals surface area contributed by atoms with Crippen molar-refractivity contribution in [2.75, 3.05) is 29.8 Å². The van der Waals surface area contributed by atoms with Crippen LogP contribution in [0.5, 0.6) is 0 Å². The van der Waals surface area contributed by atoms with Crippen LogP contribution in [0.1, 0.15) is 33.6 Å². The molecule has 0 unspecified atom stereocenters. The molecule has 0 atom stereocenters. The Balaban J connectivity index is 1.50. The molecule has 3 aromatic carbocycles. The number of carbonyl (C=O) groups is 2. The molecule has 7 nitrogen and oxygen atoms in total. The molecule has 33 heavy (non-hydrogen) atoms. The number of amides is 2. The summed E-state index contributed by atoms with van der Waals surface area (Å²) in [5.41, 5.74) is 1.69. The van der Waals surface area contributed by atoms with Crippen LogP contribution in [-0.2, 0) is 10.0 Å². The molecule has 0 spiro atoms. The van der Waals surface area contributed by atoms with Crippen molar-refractivity contribution >= 4 is 33.2 Å². The fourth-order valence-corrected chi connectivity index (χ4v) is 4.99. The number of carbonyl (C=O) groups excluding carboxylic acids is 2. The lowest BCUT2D eigenvalue weighted by molar-refractivity contribution is 0.0794. The van der Waals surface area contributed by atoms with Crippen molar-refractivity contribution in [3.63, 3.8) is 0 Å². The minimum absolute atomic E-state index is 0.0912. The molecule has 1 aliphatic heterocycles. The summed E-state index contributed by atoms with van der Waals surface area (Å²) in [5.74, 6) is -0.469. The van der Waals surface area contributed by atoms with Gasteiger partial charge in [0, 0.05) is 25.7 Å². The number of anilines is 2. The normalized spacial score (nSPS) is 13.5. The average Bonchev–Trinajstić information content (AvgIpc) is 3.39. The van der Waals surface area contributed by atoms with Crippen LogP contribution in [-0.4, -0.2) is 45.3 Å². The molecule has 0 bridgehead atoms. The van der Waals surface area contributed by atoms with E-state index in [2.05, 4.69) is 5.32 Å². The Morgan fingerprint density at radius 3 is 2.12 bits per heavy atom. The first-order valence-corrected chi connectivity index (χ1v) is 12.2. The van der Waals surface area contributed by atoms with Crippen LogP contribution in [0.2, 0.25) is 0 Å². The van der Waals surface area contributed by atoms with Gasteiger partial charge in [-0.1, -0.05) is 30.3 Å². The summed E-state index contributed by atoms with van der Waals surface area (Å²) in [6, 6.07) is 21.4. The summed E-state index contributed by atoms with van der Waals surface area (Å²) in [6.45, 7) is 1.45. The number of para-hydroxylation sites is 1. The van der Waals surface area contributed by atoms with Crippen LogP contribution in [0.4, 0.5) is 11.4 Å². The van der Waals surface area contributed by atoms with E-state index in [4.69, 9.17) is 0 Å². The SMILES string of the molecule is CN(c1ccc(C(=O)Nc2ccccc2C(=O)N2CCCC2)cc1)S(=O)(=O)c1ccccc1. The van der Waals surface area contributed by atoms with Crippen LogP contribution < -0.4 is 9.62 Å². The first-order valence-electron chi connectivity index (χ1n) is 10.7. The monoisotopic (exact) mass is 463 g/mol. The predicted molar refractivity (Wildman–Crippen MR) is 128 cm³/mol. The number of sulfonamides is 1. The molecule has 1 fully saturated rings. The first kappa shape index (κ1) is 22.5. The number of hydrogen-bond acceptors (Lipinski definition) is 4. The van der Waals surface area contributed by atoms with Gasteiger partial charge in [-0.05, 0) is 61.4 Å². The van der Waals surface area contributed by atoms with E-state index >= 15 is 0 Å². The number of likely N-dealkylation sites (tertiary alicyclic amines) is 1. The minimum atomic E-state index is -3.71. The van der Waals surface area contributed by atoms with Gasteiger partial charge in [0.2, 0.25) is 0 Å². The maximum absolute atomic E-state index is 12.8. The lowest BCUT2D eigenvalue weighted by Crippen LogP contribution is -2.28. The highest BCUT2D eigenvalue weighted by Gasteiger charge is 2.23. The zero-order chi connectivity index (χ0) is 23.4. The van der Waals surface area contributed by atoms with Gasteiger partial charge in [-0.2, -0.15) is 0 Å². The Labute approximate surface area is 193 Å². The van der Waals surface area contributed by atoms with Crippen LogP contribution in [0.3, 0.4) is 0 Å². The molecule has 1 heterocycles. The fourth-order valence-electron chi connectivity index (χ4n) is 3.78. The zero-order valence-electron chi connectivity index (χ0n) is 18.3. The summed E-state index contributed by atoms with van der Waals surface area (Å²) < 4.78 is 26.8. The van der Waals surface area contributed by atoms with E-state index in [1.807, 2.05) is 0 Å². The Hall–Kier alpha value is -3.65. The van der Waals surface area contributed by atoms with Gasteiger partial charge in [-0.15, -0.1) is 0 Å². The van der Waals surface area contributed by atoms with Gasteiger partial charge in [-0.25, -0.2) is 8.42 Å². The largest absolute Gasteiger partial charge is 0.339 e. The van der Waals surface area contributed by atoms with E-state index in [0.717, 1.165) is 25.9 Å². The molecule has 3 aromatic rings. The van der Waals surface area contributed by atoms with E-state index in [1.165, 1.54) is 23.5 Å². The Morgan fingerprint density at radius 2 is 1.45 bits per heavy atom. The van der Waals surface area contributed by atoms with Gasteiger partial charge in [-0.3, -0.25) is 13.9 Å². The molecule has 170 valence electrons. The van der Waals surface area contributed by atoms with Gasteiger partial charge in [0.25, 0.3) is 21.8 Å². The molecule has 0 saturated carbocycles. The molecule has 1 aliphatic rings. The van der Waals surface area contributed by atoms with Crippen LogP contribution in [0.25, 0.3) is 0 Å². The van der Waals surface area contributed by atoms with Crippen LogP contribution in [0.15, 0.2) is 83.8 Å². The Bertz CT molecular complexity index is 1250. The first-order chi connectivity index (χ1) is 15.9. The van der Waals surface area contributed by atoms with Gasteiger partial charge >= 0.3 is 0 Å². The van der Waals surface area contributed by atoms with Crippen molar-refractivity contribution < 1.29 is 18.0 Å². The number of benzene rings is 3. The van der Waals surface area contributed by atoms with Crippen molar-refractivity contribution in [2.45, 2.75) is 17.7 Å². The Morgan fingerprint density at radius 1 is 0.848 bits per heavy atom. The summed E-state index contributed by atoms with van der Waals surface area (Å²) in [7, 11) is -2.24. The molecule has 1 saturated heterocycles. The lowest BCUT2D eigenvalue weighted by atomic mass is 10.1. The van der Waals surface area contributed by atoms with Crippen molar-refractivity contribution in [3.05, 3.63) is 90.0 Å². The minimum Gasteiger partial charge on any atom is -0.339 e. The highest BCUT2D eigenvalue weighted by molar-refractivity contribution is 7.92. The average molecular weight is 464 g/mol. The summed E-state index contributed by atoms with van der Waals surface area (Å²) in [6.07, 6.45) is 1.97. The third-order valence-electron chi connectivity index (χ3n) is 5.69. The zero-order valence-corrected chi connectivity index (χ0v) is 19.1. The highest BCUT2D eigenvalue weighted by atomic mass is 32.2. The molecular weight excluding hydrogens is 438 g/mol. The van der Waals surface area contributed by atoms with Crippen molar-refractivity contribution in [2.24, 2.45) is 0 Å². The van der Waals surface area contributed by atoms with E-state index in [9.17, 15) is 18.0 Å². The van der Waals surface area contributed by atoms with E-state index in [1.54, 1.807) is 71.6 Å². The van der Waals surface area contributed by atoms with Gasteiger partial charge in [0.15, 0.2) is 0 Å². The molecule has 2 amide bonds. The second kappa shape index (κ2) is 9.46. The number of nitrogens with one attached hydrogen (secondary N) is 1. The van der Waals surface area contributed by atoms with Crippen LogP contribution >= 0.6 is 0 Å². The van der Waals surface area contributed by atoms with Gasteiger partial charge in [0.1, 0.15) is 0 Å². The van der Waals surface area contributed by atoms with E-state index in [-0.39, 0.29) is 16.7 Å². The number of rotatable bonds is 6. The third-order valence-corrected chi connectivity index (χ3v) is 7.49.